The smallest absolute Gasteiger partial charge is 0.128 e. The van der Waals surface area contributed by atoms with Crippen molar-refractivity contribution in [2.24, 2.45) is 0 Å². The Kier molecular flexibility index (Phi) is 2.77. The number of fused-ring (bicyclic) bond motifs is 1. The van der Waals surface area contributed by atoms with Crippen molar-refractivity contribution in [3.63, 3.8) is 0 Å². The van der Waals surface area contributed by atoms with Crippen LogP contribution >= 0.6 is 0 Å². The highest BCUT2D eigenvalue weighted by atomic mass is 14.9. The molecule has 4 N–H and O–H groups in total. The lowest BCUT2D eigenvalue weighted by Gasteiger charge is -2.00. The SMILES string of the molecule is CCc1ccc(N)nc1N.c1cc2cc-2c1. The van der Waals surface area contributed by atoms with Crippen molar-refractivity contribution in [3.8, 4) is 11.1 Å². The van der Waals surface area contributed by atoms with Crippen LogP contribution in [0, 0.1) is 0 Å². The first-order valence-corrected chi connectivity index (χ1v) is 5.32. The molecule has 1 heterocycles. The number of pyridine rings is 1. The van der Waals surface area contributed by atoms with Gasteiger partial charge in [-0.1, -0.05) is 31.2 Å². The zero-order chi connectivity index (χ0) is 11.5. The van der Waals surface area contributed by atoms with E-state index < -0.39 is 0 Å². The van der Waals surface area contributed by atoms with E-state index in [2.05, 4.69) is 29.2 Å². The highest BCUT2D eigenvalue weighted by Crippen LogP contribution is 2.32. The molecule has 0 saturated carbocycles. The molecule has 82 valence electrons. The molecule has 0 unspecified atom stereocenters. The minimum Gasteiger partial charge on any atom is -0.384 e. The average Bonchev–Trinajstić information content (AvgIpc) is 2.87. The lowest BCUT2D eigenvalue weighted by molar-refractivity contribution is 1.12. The van der Waals surface area contributed by atoms with Gasteiger partial charge in [-0.3, -0.25) is 0 Å². The summed E-state index contributed by atoms with van der Waals surface area (Å²) in [6.45, 7) is 2.03. The molecule has 0 saturated heterocycles. The van der Waals surface area contributed by atoms with Crippen molar-refractivity contribution in [2.45, 2.75) is 13.3 Å². The monoisotopic (exact) mass is 213 g/mol. The van der Waals surface area contributed by atoms with Gasteiger partial charge >= 0.3 is 0 Å². The third-order valence-electron chi connectivity index (χ3n) is 2.53. The van der Waals surface area contributed by atoms with Crippen molar-refractivity contribution >= 4 is 11.6 Å². The van der Waals surface area contributed by atoms with Crippen molar-refractivity contribution < 1.29 is 0 Å². The molecule has 0 radical (unpaired) electrons. The van der Waals surface area contributed by atoms with E-state index in [1.54, 1.807) is 6.07 Å². The molecule has 3 nitrogen and oxygen atoms in total. The lowest BCUT2D eigenvalue weighted by atomic mass is 10.2. The summed E-state index contributed by atoms with van der Waals surface area (Å²) in [5, 5.41) is 0. The third kappa shape index (κ3) is 2.31. The minimum atomic E-state index is 0.481. The van der Waals surface area contributed by atoms with Crippen LogP contribution < -0.4 is 11.5 Å². The summed E-state index contributed by atoms with van der Waals surface area (Å²) in [7, 11) is 0. The van der Waals surface area contributed by atoms with Gasteiger partial charge in [0.25, 0.3) is 0 Å². The number of nitrogens with zero attached hydrogens (tertiary/aromatic N) is 1. The Morgan fingerprint density at radius 3 is 2.12 bits per heavy atom. The summed E-state index contributed by atoms with van der Waals surface area (Å²) in [6, 6.07) is 12.1. The van der Waals surface area contributed by atoms with Crippen LogP contribution in [-0.4, -0.2) is 4.98 Å². The van der Waals surface area contributed by atoms with E-state index in [1.807, 2.05) is 13.0 Å². The number of hydrogen-bond donors (Lipinski definition) is 2. The molecular formula is C13H15N3. The summed E-state index contributed by atoms with van der Waals surface area (Å²) < 4.78 is 0. The van der Waals surface area contributed by atoms with Gasteiger partial charge < -0.3 is 11.5 Å². The van der Waals surface area contributed by atoms with Gasteiger partial charge in [-0.05, 0) is 35.2 Å². The van der Waals surface area contributed by atoms with E-state index in [0.717, 1.165) is 12.0 Å². The van der Waals surface area contributed by atoms with Crippen molar-refractivity contribution in [2.75, 3.05) is 11.5 Å². The van der Waals surface area contributed by atoms with Gasteiger partial charge in [0.2, 0.25) is 0 Å². The molecule has 1 aromatic rings. The number of aryl methyl sites for hydroxylation is 1. The lowest BCUT2D eigenvalue weighted by Crippen LogP contribution is -1.99. The molecule has 0 aromatic carbocycles. The highest BCUT2D eigenvalue weighted by Gasteiger charge is 2.06. The predicted octanol–water partition coefficient (Wildman–Crippen LogP) is 2.48. The third-order valence-corrected chi connectivity index (χ3v) is 2.53. The van der Waals surface area contributed by atoms with E-state index in [4.69, 9.17) is 11.5 Å². The summed E-state index contributed by atoms with van der Waals surface area (Å²) in [4.78, 5) is 3.90. The quantitative estimate of drug-likeness (QED) is 0.652. The van der Waals surface area contributed by atoms with Crippen molar-refractivity contribution in [1.82, 2.24) is 4.98 Å². The zero-order valence-corrected chi connectivity index (χ0v) is 9.27. The second-order valence-electron chi connectivity index (χ2n) is 3.71. The highest BCUT2D eigenvalue weighted by molar-refractivity contribution is 5.80. The second kappa shape index (κ2) is 4.23. The fourth-order valence-corrected chi connectivity index (χ4v) is 1.49. The molecule has 0 aliphatic heterocycles. The Morgan fingerprint density at radius 1 is 1.06 bits per heavy atom. The second-order valence-corrected chi connectivity index (χ2v) is 3.71. The van der Waals surface area contributed by atoms with Crippen LogP contribution in [0.2, 0.25) is 0 Å². The number of hydrogen-bond acceptors (Lipinski definition) is 3. The van der Waals surface area contributed by atoms with Gasteiger partial charge in [0, 0.05) is 0 Å². The number of nitrogen functional groups attached to an aromatic ring is 2. The molecule has 2 aliphatic carbocycles. The van der Waals surface area contributed by atoms with Crippen LogP contribution in [0.1, 0.15) is 12.5 Å². The maximum Gasteiger partial charge on any atom is 0.128 e. The summed E-state index contributed by atoms with van der Waals surface area (Å²) in [5.74, 6) is 1.03. The topological polar surface area (TPSA) is 64.9 Å². The van der Waals surface area contributed by atoms with Crippen LogP contribution in [0.5, 0.6) is 0 Å². The van der Waals surface area contributed by atoms with E-state index in [9.17, 15) is 0 Å². The van der Waals surface area contributed by atoms with Gasteiger partial charge in [0.1, 0.15) is 11.6 Å². The molecule has 3 heteroatoms. The maximum absolute atomic E-state index is 5.54. The van der Waals surface area contributed by atoms with E-state index in [-0.39, 0.29) is 0 Å². The molecule has 0 spiro atoms. The predicted molar refractivity (Wildman–Crippen MR) is 67.9 cm³/mol. The Morgan fingerprint density at radius 2 is 1.75 bits per heavy atom. The molecule has 0 bridgehead atoms. The fourth-order valence-electron chi connectivity index (χ4n) is 1.49. The van der Waals surface area contributed by atoms with Gasteiger partial charge in [0.05, 0.1) is 0 Å². The minimum absolute atomic E-state index is 0.481. The Labute approximate surface area is 95.1 Å². The maximum atomic E-state index is 5.54. The fraction of sp³-hybridized carbons (Fsp3) is 0.154. The Balaban J connectivity index is 0.000000134. The molecule has 1 aromatic heterocycles. The van der Waals surface area contributed by atoms with E-state index in [1.165, 1.54) is 11.1 Å². The normalized spacial score (nSPS) is 10.3. The zero-order valence-electron chi connectivity index (χ0n) is 9.27. The first kappa shape index (κ1) is 10.5. The summed E-state index contributed by atoms with van der Waals surface area (Å²) in [6.07, 6.45) is 0.902. The van der Waals surface area contributed by atoms with Crippen molar-refractivity contribution in [1.29, 1.82) is 0 Å². The first-order chi connectivity index (χ1) is 7.70. The molecule has 0 atom stereocenters. The molecule has 2 aliphatic rings. The van der Waals surface area contributed by atoms with Gasteiger partial charge in [-0.15, -0.1) is 0 Å². The number of nitrogens with two attached hydrogens (primary N) is 2. The van der Waals surface area contributed by atoms with Crippen molar-refractivity contribution in [3.05, 3.63) is 42.0 Å². The molecule has 0 amide bonds. The Hall–Kier alpha value is -2.03. The average molecular weight is 213 g/mol. The first-order valence-electron chi connectivity index (χ1n) is 5.32. The van der Waals surface area contributed by atoms with Gasteiger partial charge in [-0.2, -0.15) is 0 Å². The van der Waals surface area contributed by atoms with Crippen LogP contribution in [-0.2, 0) is 6.42 Å². The standard InChI is InChI=1S/C7H11N3.C6H4/c1-2-5-3-4-6(8)10-7(5)9;1-2-5-4-6(5)3-1/h3-4H,2H2,1H3,(H4,8,9,10);1-4H. The number of rotatable bonds is 1. The van der Waals surface area contributed by atoms with Crippen LogP contribution in [0.25, 0.3) is 11.1 Å². The number of anilines is 2. The number of benzene rings is 1. The van der Waals surface area contributed by atoms with Crippen LogP contribution in [0.3, 0.4) is 0 Å². The van der Waals surface area contributed by atoms with Gasteiger partial charge in [-0.25, -0.2) is 4.98 Å². The largest absolute Gasteiger partial charge is 0.384 e. The van der Waals surface area contributed by atoms with E-state index >= 15 is 0 Å². The molecule has 3 rings (SSSR count). The summed E-state index contributed by atoms with van der Waals surface area (Å²) in [5.41, 5.74) is 14.8. The Bertz CT molecular complexity index is 489. The van der Waals surface area contributed by atoms with Crippen LogP contribution in [0.4, 0.5) is 11.6 Å². The van der Waals surface area contributed by atoms with Crippen LogP contribution in [0.15, 0.2) is 36.4 Å². The molecule has 16 heavy (non-hydrogen) atoms. The molecule has 0 fully saturated rings. The molecular weight excluding hydrogens is 198 g/mol. The van der Waals surface area contributed by atoms with Gasteiger partial charge in [0.15, 0.2) is 0 Å². The number of aromatic nitrogens is 1. The summed E-state index contributed by atoms with van der Waals surface area (Å²) >= 11 is 0. The van der Waals surface area contributed by atoms with E-state index in [0.29, 0.717) is 11.6 Å².